The molecule has 4 aromatic rings. The van der Waals surface area contributed by atoms with E-state index in [9.17, 15) is 9.59 Å². The summed E-state index contributed by atoms with van der Waals surface area (Å²) in [5.41, 5.74) is 4.45. The number of rotatable bonds is 6. The zero-order chi connectivity index (χ0) is 22.8. The lowest BCUT2D eigenvalue weighted by Gasteiger charge is -2.14. The van der Waals surface area contributed by atoms with E-state index in [2.05, 4.69) is 17.4 Å². The van der Waals surface area contributed by atoms with Gasteiger partial charge in [0.15, 0.2) is 5.16 Å². The van der Waals surface area contributed by atoms with Crippen molar-refractivity contribution in [3.8, 4) is 11.4 Å². The Morgan fingerprint density at radius 2 is 1.88 bits per heavy atom. The highest BCUT2D eigenvalue weighted by Crippen LogP contribution is 2.27. The van der Waals surface area contributed by atoms with Gasteiger partial charge in [0.25, 0.3) is 5.56 Å². The number of nitrogens with zero attached hydrogens (tertiary/aromatic N) is 2. The van der Waals surface area contributed by atoms with E-state index in [0.29, 0.717) is 27.5 Å². The lowest BCUT2D eigenvalue weighted by molar-refractivity contribution is -0.113. The van der Waals surface area contributed by atoms with Crippen molar-refractivity contribution in [3.63, 3.8) is 0 Å². The molecule has 33 heavy (non-hydrogen) atoms. The molecular weight excluding hydrogens is 434 g/mol. The predicted octanol–water partition coefficient (Wildman–Crippen LogP) is 4.61. The summed E-state index contributed by atoms with van der Waals surface area (Å²) >= 11 is 1.23. The average molecular weight is 458 g/mol. The summed E-state index contributed by atoms with van der Waals surface area (Å²) in [7, 11) is 1.55. The minimum absolute atomic E-state index is 0.122. The van der Waals surface area contributed by atoms with Crippen molar-refractivity contribution in [1.82, 2.24) is 9.55 Å². The molecule has 7 heteroatoms. The Morgan fingerprint density at radius 3 is 2.70 bits per heavy atom. The van der Waals surface area contributed by atoms with E-state index >= 15 is 0 Å². The Kier molecular flexibility index (Phi) is 5.88. The van der Waals surface area contributed by atoms with E-state index in [1.54, 1.807) is 29.9 Å². The quantitative estimate of drug-likeness (QED) is 0.338. The van der Waals surface area contributed by atoms with Gasteiger partial charge in [-0.3, -0.25) is 14.2 Å². The summed E-state index contributed by atoms with van der Waals surface area (Å²) < 4.78 is 6.98. The molecule has 5 rings (SSSR count). The molecule has 1 amide bonds. The molecule has 0 saturated carbocycles. The Balaban J connectivity index is 1.46. The standard InChI is InChI=1S/C26H23N3O3S/c1-32-22-12-6-11-21-24(22)28-26(29(25(21)31)20-9-3-2-4-10-20)33-16-23(30)27-19-14-13-17-7-5-8-18(17)15-19/h2-4,6,9-15H,5,7-8,16H2,1H3,(H,27,30). The van der Waals surface area contributed by atoms with E-state index in [0.717, 1.165) is 24.9 Å². The molecule has 0 saturated heterocycles. The second-order valence-corrected chi connectivity index (χ2v) is 8.84. The van der Waals surface area contributed by atoms with Crippen LogP contribution in [0.2, 0.25) is 0 Å². The minimum atomic E-state index is -0.202. The lowest BCUT2D eigenvalue weighted by atomic mass is 10.1. The van der Waals surface area contributed by atoms with E-state index in [1.165, 1.54) is 22.9 Å². The van der Waals surface area contributed by atoms with Crippen LogP contribution < -0.4 is 15.6 Å². The second kappa shape index (κ2) is 9.11. The van der Waals surface area contributed by atoms with Gasteiger partial charge in [0.1, 0.15) is 11.3 Å². The van der Waals surface area contributed by atoms with Gasteiger partial charge in [-0.15, -0.1) is 0 Å². The van der Waals surface area contributed by atoms with Crippen molar-refractivity contribution in [2.45, 2.75) is 24.4 Å². The second-order valence-electron chi connectivity index (χ2n) is 7.90. The number of para-hydroxylation sites is 2. The third kappa shape index (κ3) is 4.24. The highest BCUT2D eigenvalue weighted by atomic mass is 32.2. The number of hydrogen-bond donors (Lipinski definition) is 1. The van der Waals surface area contributed by atoms with Crippen molar-refractivity contribution in [1.29, 1.82) is 0 Å². The number of hydrogen-bond acceptors (Lipinski definition) is 5. The van der Waals surface area contributed by atoms with Gasteiger partial charge in [-0.1, -0.05) is 42.1 Å². The fraction of sp³-hybridized carbons (Fsp3) is 0.192. The third-order valence-corrected chi connectivity index (χ3v) is 6.72. The van der Waals surface area contributed by atoms with Crippen LogP contribution in [0.15, 0.2) is 76.7 Å². The SMILES string of the molecule is COc1cccc2c(=O)n(-c3ccccc3)c(SCC(=O)Nc3ccc4c(c3)CCC4)nc12. The first-order valence-corrected chi connectivity index (χ1v) is 11.8. The van der Waals surface area contributed by atoms with Crippen LogP contribution in [0.5, 0.6) is 5.75 Å². The first-order chi connectivity index (χ1) is 16.1. The van der Waals surface area contributed by atoms with Gasteiger partial charge in [0.2, 0.25) is 5.91 Å². The van der Waals surface area contributed by atoms with Crippen LogP contribution in [-0.4, -0.2) is 28.3 Å². The zero-order valence-corrected chi connectivity index (χ0v) is 19.0. The van der Waals surface area contributed by atoms with Crippen molar-refractivity contribution >= 4 is 34.3 Å². The number of anilines is 1. The van der Waals surface area contributed by atoms with Crippen LogP contribution >= 0.6 is 11.8 Å². The molecule has 6 nitrogen and oxygen atoms in total. The van der Waals surface area contributed by atoms with Gasteiger partial charge in [-0.25, -0.2) is 4.98 Å². The lowest BCUT2D eigenvalue weighted by Crippen LogP contribution is -2.23. The van der Waals surface area contributed by atoms with E-state index in [4.69, 9.17) is 9.72 Å². The minimum Gasteiger partial charge on any atom is -0.494 e. The number of methoxy groups -OCH3 is 1. The molecule has 166 valence electrons. The third-order valence-electron chi connectivity index (χ3n) is 5.78. The maximum absolute atomic E-state index is 13.4. The number of aromatic nitrogens is 2. The van der Waals surface area contributed by atoms with Crippen LogP contribution in [0.4, 0.5) is 5.69 Å². The molecule has 3 aromatic carbocycles. The van der Waals surface area contributed by atoms with E-state index in [1.807, 2.05) is 36.4 Å². The number of amides is 1. The number of carbonyl (C=O) groups excluding carboxylic acids is 1. The Morgan fingerprint density at radius 1 is 1.06 bits per heavy atom. The number of thioether (sulfide) groups is 1. The smallest absolute Gasteiger partial charge is 0.266 e. The molecule has 0 aliphatic heterocycles. The number of benzene rings is 3. The molecule has 0 spiro atoms. The number of nitrogens with one attached hydrogen (secondary N) is 1. The number of aryl methyl sites for hydroxylation is 2. The summed E-state index contributed by atoms with van der Waals surface area (Å²) in [4.78, 5) is 30.9. The van der Waals surface area contributed by atoms with Crippen LogP contribution in [-0.2, 0) is 17.6 Å². The van der Waals surface area contributed by atoms with Gasteiger partial charge in [-0.05, 0) is 66.8 Å². The molecule has 0 atom stereocenters. The highest BCUT2D eigenvalue weighted by molar-refractivity contribution is 7.99. The average Bonchev–Trinajstić information content (AvgIpc) is 3.31. The van der Waals surface area contributed by atoms with Crippen LogP contribution in [0.25, 0.3) is 16.6 Å². The van der Waals surface area contributed by atoms with Gasteiger partial charge >= 0.3 is 0 Å². The first kappa shape index (κ1) is 21.3. The molecule has 0 radical (unpaired) electrons. The summed E-state index contributed by atoms with van der Waals surface area (Å²) in [5.74, 6) is 0.498. The van der Waals surface area contributed by atoms with E-state index in [-0.39, 0.29) is 17.2 Å². The van der Waals surface area contributed by atoms with Crippen molar-refractivity contribution < 1.29 is 9.53 Å². The van der Waals surface area contributed by atoms with E-state index < -0.39 is 0 Å². The van der Waals surface area contributed by atoms with Gasteiger partial charge in [0, 0.05) is 5.69 Å². The fourth-order valence-corrected chi connectivity index (χ4v) is 5.01. The molecule has 0 unspecified atom stereocenters. The molecule has 1 heterocycles. The van der Waals surface area contributed by atoms with Gasteiger partial charge < -0.3 is 10.1 Å². The molecule has 0 fully saturated rings. The highest BCUT2D eigenvalue weighted by Gasteiger charge is 2.17. The first-order valence-electron chi connectivity index (χ1n) is 10.8. The van der Waals surface area contributed by atoms with Gasteiger partial charge in [-0.2, -0.15) is 0 Å². The van der Waals surface area contributed by atoms with Crippen LogP contribution in [0, 0.1) is 0 Å². The summed E-state index contributed by atoms with van der Waals surface area (Å²) in [6.07, 6.45) is 3.32. The van der Waals surface area contributed by atoms with Crippen molar-refractivity contribution in [2.24, 2.45) is 0 Å². The number of ether oxygens (including phenoxy) is 1. The number of carbonyl (C=O) groups is 1. The summed E-state index contributed by atoms with van der Waals surface area (Å²) in [6, 6.07) is 20.7. The zero-order valence-electron chi connectivity index (χ0n) is 18.2. The maximum Gasteiger partial charge on any atom is 0.266 e. The molecule has 1 N–H and O–H groups in total. The topological polar surface area (TPSA) is 73.2 Å². The van der Waals surface area contributed by atoms with Gasteiger partial charge in [0.05, 0.1) is 23.9 Å². The summed E-state index contributed by atoms with van der Waals surface area (Å²) in [5, 5.41) is 3.88. The van der Waals surface area contributed by atoms with Crippen LogP contribution in [0.1, 0.15) is 17.5 Å². The molecule has 1 aromatic heterocycles. The van der Waals surface area contributed by atoms with Crippen molar-refractivity contribution in [3.05, 3.63) is 88.2 Å². The number of fused-ring (bicyclic) bond motifs is 2. The largest absolute Gasteiger partial charge is 0.494 e. The normalized spacial score (nSPS) is 12.5. The molecule has 0 bridgehead atoms. The summed E-state index contributed by atoms with van der Waals surface area (Å²) in [6.45, 7) is 0. The van der Waals surface area contributed by atoms with Crippen molar-refractivity contribution in [2.75, 3.05) is 18.2 Å². The molecule has 1 aliphatic rings. The monoisotopic (exact) mass is 457 g/mol. The Bertz CT molecular complexity index is 1400. The van der Waals surface area contributed by atoms with Crippen LogP contribution in [0.3, 0.4) is 0 Å². The Hall–Kier alpha value is -3.58. The predicted molar refractivity (Wildman–Crippen MR) is 132 cm³/mol. The molecular formula is C26H23N3O3S. The molecule has 1 aliphatic carbocycles. The fourth-order valence-electron chi connectivity index (χ4n) is 4.21. The Labute approximate surface area is 195 Å². The maximum atomic E-state index is 13.4.